The summed E-state index contributed by atoms with van der Waals surface area (Å²) in [5.41, 5.74) is -0.0676. The lowest BCUT2D eigenvalue weighted by molar-refractivity contribution is -0.385. The summed E-state index contributed by atoms with van der Waals surface area (Å²) < 4.78 is 0. The first-order chi connectivity index (χ1) is 9.41. The smallest absolute Gasteiger partial charge is 0.326 e. The molecule has 1 aliphatic rings. The first kappa shape index (κ1) is 14.3. The van der Waals surface area contributed by atoms with Crippen molar-refractivity contribution < 1.29 is 19.6 Å². The highest BCUT2D eigenvalue weighted by molar-refractivity contribution is 6.31. The van der Waals surface area contributed by atoms with E-state index < -0.39 is 16.9 Å². The number of carboxylic acids is 1. The van der Waals surface area contributed by atoms with Gasteiger partial charge in [0.25, 0.3) is 5.69 Å². The van der Waals surface area contributed by atoms with Crippen LogP contribution in [0.4, 0.5) is 5.69 Å². The number of likely N-dealkylation sites (tertiary alicyclic amines) is 1. The molecule has 1 N–H and O–H groups in total. The number of carboxylic acid groups (broad SMARTS) is 1. The Bertz CT molecular complexity index is 589. The minimum atomic E-state index is -1.12. The maximum absolute atomic E-state index is 11.7. The van der Waals surface area contributed by atoms with Gasteiger partial charge < -0.3 is 10.0 Å². The van der Waals surface area contributed by atoms with Gasteiger partial charge in [-0.15, -0.1) is 0 Å². The van der Waals surface area contributed by atoms with Crippen LogP contribution < -0.4 is 0 Å². The van der Waals surface area contributed by atoms with E-state index in [9.17, 15) is 19.7 Å². The third kappa shape index (κ3) is 2.57. The first-order valence-corrected chi connectivity index (χ1v) is 6.23. The maximum atomic E-state index is 11.7. The summed E-state index contributed by atoms with van der Waals surface area (Å²) in [7, 11) is 0. The lowest BCUT2D eigenvalue weighted by Gasteiger charge is -2.21. The molecule has 1 amide bonds. The summed E-state index contributed by atoms with van der Waals surface area (Å²) in [6, 6.07) is 3.22. The van der Waals surface area contributed by atoms with Gasteiger partial charge in [-0.2, -0.15) is 0 Å². The molecule has 0 bridgehead atoms. The number of nitro benzene ring substituents is 1. The van der Waals surface area contributed by atoms with Crippen molar-refractivity contribution in [2.24, 2.45) is 0 Å². The predicted molar refractivity (Wildman–Crippen MR) is 69.3 cm³/mol. The average molecular weight is 299 g/mol. The number of carbonyl (C=O) groups excluding carboxylic acids is 1. The Hall–Kier alpha value is -2.15. The number of carbonyl (C=O) groups is 2. The van der Waals surface area contributed by atoms with Crippen LogP contribution in [-0.2, 0) is 16.1 Å². The largest absolute Gasteiger partial charge is 0.480 e. The molecule has 1 fully saturated rings. The minimum Gasteiger partial charge on any atom is -0.480 e. The summed E-state index contributed by atoms with van der Waals surface area (Å²) in [4.78, 5) is 34.3. The van der Waals surface area contributed by atoms with E-state index in [-0.39, 0.29) is 41.6 Å². The van der Waals surface area contributed by atoms with Crippen LogP contribution in [0.1, 0.15) is 18.4 Å². The van der Waals surface area contributed by atoms with Crippen molar-refractivity contribution in [3.05, 3.63) is 38.9 Å². The number of hydrogen-bond donors (Lipinski definition) is 1. The van der Waals surface area contributed by atoms with Gasteiger partial charge in [0.2, 0.25) is 5.91 Å². The van der Waals surface area contributed by atoms with E-state index >= 15 is 0 Å². The van der Waals surface area contributed by atoms with Gasteiger partial charge in [-0.25, -0.2) is 4.79 Å². The topological polar surface area (TPSA) is 101 Å². The Kier molecular flexibility index (Phi) is 3.89. The van der Waals surface area contributed by atoms with E-state index in [1.165, 1.54) is 18.2 Å². The van der Waals surface area contributed by atoms with Gasteiger partial charge in [0.1, 0.15) is 6.04 Å². The molecule has 0 saturated carbocycles. The van der Waals surface area contributed by atoms with E-state index in [1.54, 1.807) is 0 Å². The van der Waals surface area contributed by atoms with E-state index in [4.69, 9.17) is 16.7 Å². The van der Waals surface area contributed by atoms with Crippen LogP contribution in [0.2, 0.25) is 5.02 Å². The van der Waals surface area contributed by atoms with Gasteiger partial charge in [0.05, 0.1) is 22.1 Å². The summed E-state index contributed by atoms with van der Waals surface area (Å²) >= 11 is 5.94. The Balaban J connectivity index is 2.36. The molecule has 7 nitrogen and oxygen atoms in total. The second-order valence-corrected chi connectivity index (χ2v) is 4.82. The SMILES string of the molecule is O=C(O)C1CCC(=O)N1Cc1c(Cl)cccc1[N+](=O)[O-]. The highest BCUT2D eigenvalue weighted by atomic mass is 35.5. The van der Waals surface area contributed by atoms with Crippen molar-refractivity contribution in [3.63, 3.8) is 0 Å². The Morgan fingerprint density at radius 1 is 1.55 bits per heavy atom. The molecule has 1 heterocycles. The predicted octanol–water partition coefficient (Wildman–Crippen LogP) is 1.82. The number of aliphatic carboxylic acids is 1. The van der Waals surface area contributed by atoms with Gasteiger partial charge in [-0.1, -0.05) is 17.7 Å². The molecule has 1 unspecified atom stereocenters. The fraction of sp³-hybridized carbons (Fsp3) is 0.333. The fourth-order valence-corrected chi connectivity index (χ4v) is 2.46. The van der Waals surface area contributed by atoms with E-state index in [0.717, 1.165) is 4.90 Å². The summed E-state index contributed by atoms with van der Waals surface area (Å²) in [5, 5.41) is 20.2. The summed E-state index contributed by atoms with van der Waals surface area (Å²) in [5.74, 6) is -1.46. The first-order valence-electron chi connectivity index (χ1n) is 5.86. The normalized spacial score (nSPS) is 18.4. The third-order valence-corrected chi connectivity index (χ3v) is 3.59. The molecule has 1 saturated heterocycles. The van der Waals surface area contributed by atoms with Crippen molar-refractivity contribution in [1.29, 1.82) is 0 Å². The summed E-state index contributed by atoms with van der Waals surface area (Å²) in [6.45, 7) is -0.175. The van der Waals surface area contributed by atoms with Crippen molar-refractivity contribution in [1.82, 2.24) is 4.90 Å². The number of nitro groups is 1. The quantitative estimate of drug-likeness (QED) is 0.675. The molecule has 0 aliphatic carbocycles. The van der Waals surface area contributed by atoms with Gasteiger partial charge >= 0.3 is 5.97 Å². The van der Waals surface area contributed by atoms with Gasteiger partial charge in [0.15, 0.2) is 0 Å². The Labute approximate surface area is 118 Å². The summed E-state index contributed by atoms with van der Waals surface area (Å²) in [6.07, 6.45) is 0.321. The molecule has 20 heavy (non-hydrogen) atoms. The molecular formula is C12H11ClN2O5. The van der Waals surface area contributed by atoms with Crippen LogP contribution in [0.5, 0.6) is 0 Å². The fourth-order valence-electron chi connectivity index (χ4n) is 2.23. The molecule has 1 aliphatic heterocycles. The van der Waals surface area contributed by atoms with Crippen LogP contribution in [0, 0.1) is 10.1 Å². The van der Waals surface area contributed by atoms with E-state index in [1.807, 2.05) is 0 Å². The highest BCUT2D eigenvalue weighted by Gasteiger charge is 2.37. The van der Waals surface area contributed by atoms with Crippen LogP contribution in [0.25, 0.3) is 0 Å². The minimum absolute atomic E-state index is 0.120. The maximum Gasteiger partial charge on any atom is 0.326 e. The zero-order chi connectivity index (χ0) is 14.9. The van der Waals surface area contributed by atoms with Gasteiger partial charge in [0, 0.05) is 12.5 Å². The Morgan fingerprint density at radius 3 is 2.85 bits per heavy atom. The molecular weight excluding hydrogens is 288 g/mol. The molecule has 1 aromatic carbocycles. The van der Waals surface area contributed by atoms with Crippen molar-refractivity contribution >= 4 is 29.2 Å². The Morgan fingerprint density at radius 2 is 2.25 bits per heavy atom. The third-order valence-electron chi connectivity index (χ3n) is 3.23. The van der Waals surface area contributed by atoms with Gasteiger partial charge in [-0.3, -0.25) is 14.9 Å². The molecule has 0 aromatic heterocycles. The van der Waals surface area contributed by atoms with Crippen molar-refractivity contribution in [3.8, 4) is 0 Å². The number of rotatable bonds is 4. The molecule has 0 radical (unpaired) electrons. The number of hydrogen-bond acceptors (Lipinski definition) is 4. The van der Waals surface area contributed by atoms with E-state index in [2.05, 4.69) is 0 Å². The van der Waals surface area contributed by atoms with Gasteiger partial charge in [-0.05, 0) is 12.5 Å². The molecule has 1 atom stereocenters. The zero-order valence-electron chi connectivity index (χ0n) is 10.3. The highest BCUT2D eigenvalue weighted by Crippen LogP contribution is 2.30. The van der Waals surface area contributed by atoms with Crippen LogP contribution in [0.3, 0.4) is 0 Å². The number of nitrogens with zero attached hydrogens (tertiary/aromatic N) is 2. The standard InChI is InChI=1S/C12H11ClN2O5/c13-8-2-1-3-9(15(19)20)7(8)6-14-10(12(17)18)4-5-11(14)16/h1-3,10H,4-6H2,(H,17,18). The van der Waals surface area contributed by atoms with Crippen LogP contribution >= 0.6 is 11.6 Å². The lowest BCUT2D eigenvalue weighted by atomic mass is 10.1. The molecule has 2 rings (SSSR count). The van der Waals surface area contributed by atoms with Crippen LogP contribution in [-0.4, -0.2) is 32.8 Å². The van der Waals surface area contributed by atoms with E-state index in [0.29, 0.717) is 0 Å². The molecule has 0 spiro atoms. The number of benzene rings is 1. The monoisotopic (exact) mass is 298 g/mol. The second kappa shape index (κ2) is 5.46. The lowest BCUT2D eigenvalue weighted by Crippen LogP contribution is -2.38. The van der Waals surface area contributed by atoms with Crippen LogP contribution in [0.15, 0.2) is 18.2 Å². The second-order valence-electron chi connectivity index (χ2n) is 4.41. The molecule has 1 aromatic rings. The molecule has 106 valence electrons. The van der Waals surface area contributed by atoms with Crippen molar-refractivity contribution in [2.45, 2.75) is 25.4 Å². The molecule has 8 heteroatoms. The van der Waals surface area contributed by atoms with Crippen molar-refractivity contribution in [2.75, 3.05) is 0 Å². The zero-order valence-corrected chi connectivity index (χ0v) is 11.0. The number of halogens is 1. The average Bonchev–Trinajstić information content (AvgIpc) is 2.73. The number of amides is 1.